The van der Waals surface area contributed by atoms with E-state index in [1.165, 1.54) is 6.08 Å². The number of carbonyl (C=O) groups is 1. The largest absolute Gasteiger partial charge is 0.497 e. The average molecular weight is 354 g/mol. The summed E-state index contributed by atoms with van der Waals surface area (Å²) in [6, 6.07) is 14.7. The summed E-state index contributed by atoms with van der Waals surface area (Å²) >= 11 is 6.17. The number of carbonyl (C=O) groups excluding carboxylic acids is 1. The van der Waals surface area contributed by atoms with Crippen LogP contribution in [0.5, 0.6) is 11.5 Å². The van der Waals surface area contributed by atoms with E-state index in [1.807, 2.05) is 30.3 Å². The molecule has 0 N–H and O–H groups in total. The van der Waals surface area contributed by atoms with E-state index in [1.54, 1.807) is 38.5 Å². The van der Waals surface area contributed by atoms with E-state index in [2.05, 4.69) is 4.98 Å². The number of allylic oxidation sites excluding steroid dienone is 1. The van der Waals surface area contributed by atoms with Gasteiger partial charge in [0.2, 0.25) is 0 Å². The summed E-state index contributed by atoms with van der Waals surface area (Å²) in [5.74, 6) is 1.08. The van der Waals surface area contributed by atoms with Crippen LogP contribution in [0.4, 0.5) is 0 Å². The van der Waals surface area contributed by atoms with Crippen LogP contribution in [0.3, 0.4) is 0 Å². The first-order valence-electron chi connectivity index (χ1n) is 7.62. The van der Waals surface area contributed by atoms with Gasteiger partial charge in [-0.05, 0) is 36.4 Å². The predicted octanol–water partition coefficient (Wildman–Crippen LogP) is 4.80. The first-order chi connectivity index (χ1) is 12.1. The lowest BCUT2D eigenvalue weighted by atomic mass is 10.1. The number of nitrogens with zero attached hydrogens (tertiary/aromatic N) is 1. The van der Waals surface area contributed by atoms with Crippen molar-refractivity contribution in [3.05, 3.63) is 70.9 Å². The molecule has 0 unspecified atom stereocenters. The highest BCUT2D eigenvalue weighted by Gasteiger charge is 2.11. The summed E-state index contributed by atoms with van der Waals surface area (Å²) < 4.78 is 10.5. The molecule has 0 bridgehead atoms. The smallest absolute Gasteiger partial charge is 0.188 e. The molecule has 0 spiro atoms. The fraction of sp³-hybridized carbons (Fsp3) is 0.100. The number of fused-ring (bicyclic) bond motifs is 1. The molecule has 0 amide bonds. The predicted molar refractivity (Wildman–Crippen MR) is 99.7 cm³/mol. The number of pyridine rings is 1. The zero-order chi connectivity index (χ0) is 17.8. The van der Waals surface area contributed by atoms with Crippen molar-refractivity contribution >= 4 is 34.4 Å². The average Bonchev–Trinajstić information content (AvgIpc) is 2.65. The summed E-state index contributed by atoms with van der Waals surface area (Å²) in [7, 11) is 3.15. The SMILES string of the molecule is COc1ccc(/C=C/C(=O)c2cc3ccccc3nc2Cl)c(OC)c1. The Morgan fingerprint density at radius 2 is 1.88 bits per heavy atom. The molecule has 0 atom stereocenters. The van der Waals surface area contributed by atoms with Gasteiger partial charge in [0, 0.05) is 17.0 Å². The van der Waals surface area contributed by atoms with Gasteiger partial charge in [-0.2, -0.15) is 0 Å². The fourth-order valence-electron chi connectivity index (χ4n) is 2.48. The quantitative estimate of drug-likeness (QED) is 0.375. The zero-order valence-electron chi connectivity index (χ0n) is 13.8. The van der Waals surface area contributed by atoms with E-state index in [9.17, 15) is 4.79 Å². The van der Waals surface area contributed by atoms with Crippen molar-refractivity contribution in [2.45, 2.75) is 0 Å². The molecule has 3 aromatic rings. The minimum Gasteiger partial charge on any atom is -0.497 e. The molecular formula is C20H16ClNO3. The maximum absolute atomic E-state index is 12.5. The molecule has 1 heterocycles. The van der Waals surface area contributed by atoms with Crippen molar-refractivity contribution in [2.24, 2.45) is 0 Å². The maximum Gasteiger partial charge on any atom is 0.188 e. The number of hydrogen-bond donors (Lipinski definition) is 0. The molecule has 0 saturated heterocycles. The lowest BCUT2D eigenvalue weighted by Gasteiger charge is -2.07. The molecule has 4 nitrogen and oxygen atoms in total. The molecule has 0 aliphatic heterocycles. The number of hydrogen-bond acceptors (Lipinski definition) is 4. The lowest BCUT2D eigenvalue weighted by molar-refractivity contribution is 0.104. The summed E-state index contributed by atoms with van der Waals surface area (Å²) in [5, 5.41) is 1.06. The summed E-state index contributed by atoms with van der Waals surface area (Å²) in [5.41, 5.74) is 1.88. The number of methoxy groups -OCH3 is 2. The number of rotatable bonds is 5. The molecule has 126 valence electrons. The van der Waals surface area contributed by atoms with Crippen molar-refractivity contribution in [2.75, 3.05) is 14.2 Å². The van der Waals surface area contributed by atoms with Gasteiger partial charge in [-0.25, -0.2) is 4.98 Å². The van der Waals surface area contributed by atoms with Crippen molar-refractivity contribution in [1.82, 2.24) is 4.98 Å². The molecule has 25 heavy (non-hydrogen) atoms. The second-order valence-electron chi connectivity index (χ2n) is 5.32. The van der Waals surface area contributed by atoms with Crippen LogP contribution >= 0.6 is 11.6 Å². The Morgan fingerprint density at radius 1 is 1.08 bits per heavy atom. The minimum atomic E-state index is -0.221. The summed E-state index contributed by atoms with van der Waals surface area (Å²) in [6.45, 7) is 0. The molecule has 3 rings (SSSR count). The molecule has 1 aromatic heterocycles. The van der Waals surface area contributed by atoms with Gasteiger partial charge in [0.25, 0.3) is 0 Å². The van der Waals surface area contributed by atoms with E-state index in [0.717, 1.165) is 16.5 Å². The highest BCUT2D eigenvalue weighted by atomic mass is 35.5. The van der Waals surface area contributed by atoms with Gasteiger partial charge in [-0.1, -0.05) is 29.8 Å². The second-order valence-corrected chi connectivity index (χ2v) is 5.68. The topological polar surface area (TPSA) is 48.4 Å². The van der Waals surface area contributed by atoms with Gasteiger partial charge in [0.15, 0.2) is 5.78 Å². The molecular weight excluding hydrogens is 338 g/mol. The third-order valence-corrected chi connectivity index (χ3v) is 4.09. The number of para-hydroxylation sites is 1. The van der Waals surface area contributed by atoms with Gasteiger partial charge in [0.1, 0.15) is 16.7 Å². The standard InChI is InChI=1S/C20H16ClNO3/c1-24-15-9-7-13(19(12-15)25-2)8-10-18(23)16-11-14-5-3-4-6-17(14)22-20(16)21/h3-12H,1-2H3/b10-8+. The van der Waals surface area contributed by atoms with Crippen LogP contribution in [-0.4, -0.2) is 25.0 Å². The monoisotopic (exact) mass is 353 g/mol. The van der Waals surface area contributed by atoms with Crippen molar-refractivity contribution in [3.63, 3.8) is 0 Å². The van der Waals surface area contributed by atoms with E-state index < -0.39 is 0 Å². The summed E-state index contributed by atoms with van der Waals surface area (Å²) in [4.78, 5) is 16.8. The molecule has 0 fully saturated rings. The number of aromatic nitrogens is 1. The highest BCUT2D eigenvalue weighted by molar-refractivity contribution is 6.34. The van der Waals surface area contributed by atoms with Crippen molar-refractivity contribution < 1.29 is 14.3 Å². The summed E-state index contributed by atoms with van der Waals surface area (Å²) in [6.07, 6.45) is 3.15. The Kier molecular flexibility index (Phi) is 5.00. The van der Waals surface area contributed by atoms with Crippen LogP contribution in [0, 0.1) is 0 Å². The highest BCUT2D eigenvalue weighted by Crippen LogP contribution is 2.26. The normalized spacial score (nSPS) is 11.0. The molecule has 0 saturated carbocycles. The van der Waals surface area contributed by atoms with Gasteiger partial charge >= 0.3 is 0 Å². The van der Waals surface area contributed by atoms with E-state index >= 15 is 0 Å². The number of ether oxygens (including phenoxy) is 2. The number of benzene rings is 2. The van der Waals surface area contributed by atoms with Crippen LogP contribution < -0.4 is 9.47 Å². The van der Waals surface area contributed by atoms with E-state index in [0.29, 0.717) is 17.1 Å². The Balaban J connectivity index is 1.92. The first-order valence-corrected chi connectivity index (χ1v) is 8.00. The Labute approximate surface area is 150 Å². The van der Waals surface area contributed by atoms with Gasteiger partial charge in [-0.3, -0.25) is 4.79 Å². The van der Waals surface area contributed by atoms with E-state index in [-0.39, 0.29) is 10.9 Å². The second kappa shape index (κ2) is 7.36. The van der Waals surface area contributed by atoms with Gasteiger partial charge in [0.05, 0.1) is 25.3 Å². The van der Waals surface area contributed by atoms with Crippen molar-refractivity contribution in [3.8, 4) is 11.5 Å². The number of halogens is 1. The Hall–Kier alpha value is -2.85. The molecule has 0 aliphatic carbocycles. The fourth-order valence-corrected chi connectivity index (χ4v) is 2.72. The number of ketones is 1. The zero-order valence-corrected chi connectivity index (χ0v) is 14.6. The van der Waals surface area contributed by atoms with Crippen LogP contribution in [0.1, 0.15) is 15.9 Å². The van der Waals surface area contributed by atoms with Crippen LogP contribution in [-0.2, 0) is 0 Å². The van der Waals surface area contributed by atoms with Crippen LogP contribution in [0.2, 0.25) is 5.15 Å². The van der Waals surface area contributed by atoms with Crippen molar-refractivity contribution in [1.29, 1.82) is 0 Å². The minimum absolute atomic E-state index is 0.190. The van der Waals surface area contributed by atoms with Crippen LogP contribution in [0.15, 0.2) is 54.6 Å². The Bertz CT molecular complexity index is 966. The van der Waals surface area contributed by atoms with Gasteiger partial charge in [-0.15, -0.1) is 0 Å². The molecule has 5 heteroatoms. The molecule has 0 aliphatic rings. The third kappa shape index (κ3) is 3.64. The van der Waals surface area contributed by atoms with E-state index in [4.69, 9.17) is 21.1 Å². The van der Waals surface area contributed by atoms with Crippen LogP contribution in [0.25, 0.3) is 17.0 Å². The lowest BCUT2D eigenvalue weighted by Crippen LogP contribution is -1.98. The Morgan fingerprint density at radius 3 is 2.64 bits per heavy atom. The molecule has 0 radical (unpaired) electrons. The van der Waals surface area contributed by atoms with Gasteiger partial charge < -0.3 is 9.47 Å². The molecule has 2 aromatic carbocycles. The maximum atomic E-state index is 12.5. The first kappa shape index (κ1) is 17.0. The third-order valence-electron chi connectivity index (χ3n) is 3.80.